The van der Waals surface area contributed by atoms with E-state index in [2.05, 4.69) is 37.2 Å². The smallest absolute Gasteiger partial charge is 0.406 e. The van der Waals surface area contributed by atoms with Gasteiger partial charge in [0.05, 0.1) is 37.5 Å². The predicted octanol–water partition coefficient (Wildman–Crippen LogP) is 3.82. The molecule has 4 aromatic rings. The molecule has 2 aliphatic rings. The largest absolute Gasteiger partial charge is 0.573 e. The van der Waals surface area contributed by atoms with Crippen LogP contribution in [-0.4, -0.2) is 56.4 Å². The summed E-state index contributed by atoms with van der Waals surface area (Å²) >= 11 is 0. The summed E-state index contributed by atoms with van der Waals surface area (Å²) in [4.78, 5) is 33.4. The Kier molecular flexibility index (Phi) is 8.00. The van der Waals surface area contributed by atoms with E-state index in [4.69, 9.17) is 4.74 Å². The first kappa shape index (κ1) is 28.6. The fourth-order valence-corrected chi connectivity index (χ4v) is 5.54. The van der Waals surface area contributed by atoms with Crippen LogP contribution in [0.4, 0.5) is 24.7 Å². The molecule has 224 valence electrons. The number of halogens is 3. The molecule has 1 aliphatic carbocycles. The minimum atomic E-state index is -4.83. The fourth-order valence-electron chi connectivity index (χ4n) is 5.54. The van der Waals surface area contributed by atoms with Crippen molar-refractivity contribution < 1.29 is 22.6 Å². The molecule has 43 heavy (non-hydrogen) atoms. The van der Waals surface area contributed by atoms with Crippen LogP contribution in [0.2, 0.25) is 0 Å². The van der Waals surface area contributed by atoms with E-state index in [9.17, 15) is 22.8 Å². The maximum atomic E-state index is 13.6. The van der Waals surface area contributed by atoms with Gasteiger partial charge in [0.1, 0.15) is 11.4 Å². The van der Waals surface area contributed by atoms with Gasteiger partial charge in [0, 0.05) is 30.8 Å². The summed E-state index contributed by atoms with van der Waals surface area (Å²) < 4.78 is 50.1. The lowest BCUT2D eigenvalue weighted by Crippen LogP contribution is -2.48. The zero-order chi connectivity index (χ0) is 30.0. The molecule has 2 aromatic heterocycles. The van der Waals surface area contributed by atoms with Crippen LogP contribution < -0.4 is 21.2 Å². The number of aromatic nitrogens is 4. The normalized spacial score (nSPS) is 17.0. The van der Waals surface area contributed by atoms with Gasteiger partial charge in [0.2, 0.25) is 0 Å². The average molecular weight is 595 g/mol. The second kappa shape index (κ2) is 12.0. The van der Waals surface area contributed by atoms with Crippen LogP contribution in [0.15, 0.2) is 76.7 Å². The van der Waals surface area contributed by atoms with Gasteiger partial charge < -0.3 is 14.8 Å². The van der Waals surface area contributed by atoms with Gasteiger partial charge in [-0.25, -0.2) is 4.98 Å². The van der Waals surface area contributed by atoms with Gasteiger partial charge in [-0.1, -0.05) is 30.3 Å². The highest BCUT2D eigenvalue weighted by Gasteiger charge is 2.31. The molecule has 6 rings (SSSR count). The molecule has 1 saturated heterocycles. The second-order valence-corrected chi connectivity index (χ2v) is 10.5. The van der Waals surface area contributed by atoms with E-state index in [1.54, 1.807) is 0 Å². The molecule has 1 atom stereocenters. The zero-order valence-corrected chi connectivity index (χ0v) is 23.1. The molecule has 0 radical (unpaired) electrons. The second-order valence-electron chi connectivity index (χ2n) is 10.5. The van der Waals surface area contributed by atoms with E-state index in [1.165, 1.54) is 34.8 Å². The van der Waals surface area contributed by atoms with Crippen molar-refractivity contribution >= 4 is 11.5 Å². The molecule has 0 spiro atoms. The standard InChI is InChI=1S/C30H29F3N6O4/c31-30(32,33)43-23-11-9-21(10-12-23)39-28(40)25-8-4-7-24(25)27(36-39)35-26-15-34-19-38(29(26)41)17-22-18-42-14-13-37(22)16-20-5-2-1-3-6-20/h1-3,5-6,9-12,15,19,22H,4,7-8,13-14,16-18H2,(H,35,36). The molecule has 13 heteroatoms. The summed E-state index contributed by atoms with van der Waals surface area (Å²) in [5.41, 5.74) is 2.22. The molecule has 1 N–H and O–H groups in total. The van der Waals surface area contributed by atoms with Crippen LogP contribution in [0.1, 0.15) is 23.1 Å². The van der Waals surface area contributed by atoms with Crippen LogP contribution in [0.5, 0.6) is 5.75 Å². The number of alkyl halides is 3. The number of rotatable bonds is 8. The molecule has 1 unspecified atom stereocenters. The Morgan fingerprint density at radius 2 is 1.77 bits per heavy atom. The fraction of sp³-hybridized carbons (Fsp3) is 0.333. The highest BCUT2D eigenvalue weighted by Crippen LogP contribution is 2.28. The average Bonchev–Trinajstić information content (AvgIpc) is 3.49. The Bertz CT molecular complexity index is 1710. The summed E-state index contributed by atoms with van der Waals surface area (Å²) in [7, 11) is 0. The van der Waals surface area contributed by atoms with Crippen molar-refractivity contribution in [1.82, 2.24) is 24.2 Å². The van der Waals surface area contributed by atoms with E-state index in [0.29, 0.717) is 49.5 Å². The van der Waals surface area contributed by atoms with Crippen LogP contribution in [0.25, 0.3) is 5.69 Å². The summed E-state index contributed by atoms with van der Waals surface area (Å²) in [6, 6.07) is 15.0. The Labute approximate surface area is 244 Å². The molecule has 3 heterocycles. The molecular weight excluding hydrogens is 565 g/mol. The molecule has 0 saturated carbocycles. The molecule has 0 amide bonds. The lowest BCUT2D eigenvalue weighted by molar-refractivity contribution is -0.274. The maximum absolute atomic E-state index is 13.6. The molecule has 0 bridgehead atoms. The number of ether oxygens (including phenoxy) is 2. The first-order valence-corrected chi connectivity index (χ1v) is 13.9. The third-order valence-corrected chi connectivity index (χ3v) is 7.61. The highest BCUT2D eigenvalue weighted by molar-refractivity contribution is 5.60. The van der Waals surface area contributed by atoms with Crippen molar-refractivity contribution in [2.45, 2.75) is 44.8 Å². The minimum Gasteiger partial charge on any atom is -0.406 e. The van der Waals surface area contributed by atoms with Gasteiger partial charge in [-0.2, -0.15) is 4.68 Å². The summed E-state index contributed by atoms with van der Waals surface area (Å²) in [6.45, 7) is 2.93. The summed E-state index contributed by atoms with van der Waals surface area (Å²) in [6.07, 6.45) is -0.0638. The first-order valence-electron chi connectivity index (χ1n) is 13.9. The minimum absolute atomic E-state index is 0.0442. The van der Waals surface area contributed by atoms with E-state index < -0.39 is 12.1 Å². The zero-order valence-electron chi connectivity index (χ0n) is 23.1. The van der Waals surface area contributed by atoms with Crippen molar-refractivity contribution in [2.75, 3.05) is 25.1 Å². The monoisotopic (exact) mass is 594 g/mol. The van der Waals surface area contributed by atoms with Crippen molar-refractivity contribution in [2.24, 2.45) is 0 Å². The Morgan fingerprint density at radius 1 is 1.00 bits per heavy atom. The van der Waals surface area contributed by atoms with Crippen LogP contribution in [0.3, 0.4) is 0 Å². The molecule has 1 aliphatic heterocycles. The number of fused-ring (bicyclic) bond motifs is 1. The Hall–Kier alpha value is -4.49. The van der Waals surface area contributed by atoms with E-state index in [-0.39, 0.29) is 28.5 Å². The molecule has 10 nitrogen and oxygen atoms in total. The van der Waals surface area contributed by atoms with Crippen LogP contribution in [-0.2, 0) is 30.7 Å². The van der Waals surface area contributed by atoms with E-state index in [1.807, 2.05) is 18.2 Å². The number of hydrogen-bond donors (Lipinski definition) is 1. The lowest BCUT2D eigenvalue weighted by Gasteiger charge is -2.35. The van der Waals surface area contributed by atoms with E-state index >= 15 is 0 Å². The predicted molar refractivity (Wildman–Crippen MR) is 152 cm³/mol. The van der Waals surface area contributed by atoms with Crippen molar-refractivity contribution in [3.05, 3.63) is 105 Å². The SMILES string of the molecule is O=c1c(Nc2nn(-c3ccc(OC(F)(F)F)cc3)c(=O)c3c2CCC3)cncn1CC1COCCN1Cc1ccccc1. The molecule has 1 fully saturated rings. The van der Waals surface area contributed by atoms with Gasteiger partial charge >= 0.3 is 6.36 Å². The molecular formula is C30H29F3N6O4. The van der Waals surface area contributed by atoms with Gasteiger partial charge in [-0.05, 0) is 49.1 Å². The van der Waals surface area contributed by atoms with Gasteiger partial charge in [0.25, 0.3) is 11.1 Å². The first-order chi connectivity index (χ1) is 20.7. The lowest BCUT2D eigenvalue weighted by atomic mass is 10.1. The Balaban J connectivity index is 1.27. The van der Waals surface area contributed by atoms with Crippen molar-refractivity contribution in [1.29, 1.82) is 0 Å². The van der Waals surface area contributed by atoms with E-state index in [0.717, 1.165) is 36.3 Å². The third-order valence-electron chi connectivity index (χ3n) is 7.61. The number of anilines is 2. The van der Waals surface area contributed by atoms with Crippen LogP contribution >= 0.6 is 0 Å². The highest BCUT2D eigenvalue weighted by atomic mass is 19.4. The summed E-state index contributed by atoms with van der Waals surface area (Å²) in [5, 5.41) is 7.58. The number of nitrogens with zero attached hydrogens (tertiary/aromatic N) is 5. The summed E-state index contributed by atoms with van der Waals surface area (Å²) in [5.74, 6) is -0.0866. The van der Waals surface area contributed by atoms with Crippen LogP contribution in [0, 0.1) is 0 Å². The Morgan fingerprint density at radius 3 is 2.53 bits per heavy atom. The number of hydrogen-bond acceptors (Lipinski definition) is 8. The topological polar surface area (TPSA) is 104 Å². The number of morpholine rings is 1. The van der Waals surface area contributed by atoms with Gasteiger partial charge in [0.15, 0.2) is 5.82 Å². The number of benzene rings is 2. The van der Waals surface area contributed by atoms with Crippen molar-refractivity contribution in [3.8, 4) is 11.4 Å². The molecule has 2 aromatic carbocycles. The van der Waals surface area contributed by atoms with Crippen molar-refractivity contribution in [3.63, 3.8) is 0 Å². The van der Waals surface area contributed by atoms with Gasteiger partial charge in [-0.3, -0.25) is 19.1 Å². The quantitative estimate of drug-likeness (QED) is 0.329. The number of nitrogens with one attached hydrogen (secondary N) is 1. The van der Waals surface area contributed by atoms with Gasteiger partial charge in [-0.15, -0.1) is 18.3 Å². The third kappa shape index (κ3) is 6.47. The maximum Gasteiger partial charge on any atom is 0.573 e.